The van der Waals surface area contributed by atoms with Crippen LogP contribution in [0.3, 0.4) is 0 Å². The topological polar surface area (TPSA) is 123 Å². The normalized spacial score (nSPS) is 23.9. The molecule has 0 aliphatic carbocycles. The van der Waals surface area contributed by atoms with Gasteiger partial charge in [-0.05, 0) is 30.3 Å². The van der Waals surface area contributed by atoms with Gasteiger partial charge < -0.3 is 19.9 Å². The van der Waals surface area contributed by atoms with Gasteiger partial charge in [-0.25, -0.2) is 23.2 Å². The molecule has 11 heteroatoms. The second-order valence-electron chi connectivity index (χ2n) is 7.42. The molecule has 1 fully saturated rings. The van der Waals surface area contributed by atoms with Gasteiger partial charge in [-0.15, -0.1) is 0 Å². The zero-order valence-corrected chi connectivity index (χ0v) is 17.5. The van der Waals surface area contributed by atoms with Gasteiger partial charge in [-0.1, -0.05) is 36.4 Å². The van der Waals surface area contributed by atoms with Crippen molar-refractivity contribution in [3.05, 3.63) is 94.5 Å². The molecule has 0 unspecified atom stereocenters. The maximum atomic E-state index is 15.9. The number of hydrogen-bond donors (Lipinski definition) is 1. The van der Waals surface area contributed by atoms with E-state index in [1.54, 1.807) is 36.4 Å². The molecule has 1 aromatic heterocycles. The van der Waals surface area contributed by atoms with E-state index in [1.165, 1.54) is 30.3 Å². The number of carbonyl (C=O) groups excluding carboxylic acids is 2. The van der Waals surface area contributed by atoms with E-state index < -0.39 is 48.6 Å². The number of carbonyl (C=O) groups is 2. The Balaban J connectivity index is 1.62. The van der Waals surface area contributed by atoms with Crippen molar-refractivity contribution >= 4 is 17.8 Å². The van der Waals surface area contributed by atoms with Crippen LogP contribution in [0.4, 0.5) is 14.6 Å². The average molecular weight is 471 g/mol. The summed E-state index contributed by atoms with van der Waals surface area (Å²) in [5.74, 6) is -5.18. The Morgan fingerprint density at radius 3 is 2.21 bits per heavy atom. The lowest BCUT2D eigenvalue weighted by Gasteiger charge is -2.25. The van der Waals surface area contributed by atoms with Crippen molar-refractivity contribution in [2.45, 2.75) is 24.4 Å². The van der Waals surface area contributed by atoms with Crippen molar-refractivity contribution in [2.24, 2.45) is 0 Å². The number of hydrogen-bond acceptors (Lipinski definition) is 8. The Labute approximate surface area is 191 Å². The Morgan fingerprint density at radius 1 is 1.03 bits per heavy atom. The van der Waals surface area contributed by atoms with E-state index in [-0.39, 0.29) is 16.9 Å². The molecule has 4 atom stereocenters. The van der Waals surface area contributed by atoms with E-state index >= 15 is 8.78 Å². The number of alkyl halides is 2. The molecular weight excluding hydrogens is 452 g/mol. The number of benzene rings is 2. The number of aromatic nitrogens is 2. The van der Waals surface area contributed by atoms with Crippen LogP contribution in [0.1, 0.15) is 26.9 Å². The molecule has 0 saturated carbocycles. The summed E-state index contributed by atoms with van der Waals surface area (Å²) in [6.07, 6.45) is -5.32. The van der Waals surface area contributed by atoms with Crippen LogP contribution in [0.15, 0.2) is 77.7 Å². The molecule has 0 bridgehead atoms. The molecule has 176 valence electrons. The highest BCUT2D eigenvalue weighted by molar-refractivity contribution is 5.90. The van der Waals surface area contributed by atoms with Crippen molar-refractivity contribution < 1.29 is 32.6 Å². The van der Waals surface area contributed by atoms with Crippen molar-refractivity contribution in [3.63, 3.8) is 0 Å². The van der Waals surface area contributed by atoms with Gasteiger partial charge in [0.1, 0.15) is 5.82 Å². The van der Waals surface area contributed by atoms with Crippen LogP contribution in [-0.4, -0.2) is 46.2 Å². The maximum absolute atomic E-state index is 15.9. The molecule has 1 aliphatic heterocycles. The number of rotatable bonds is 6. The van der Waals surface area contributed by atoms with Gasteiger partial charge in [-0.3, -0.25) is 4.57 Å². The number of nitrogen functional groups attached to an aromatic ring is 1. The summed E-state index contributed by atoms with van der Waals surface area (Å²) in [4.78, 5) is 40.5. The molecule has 0 radical (unpaired) electrons. The minimum absolute atomic E-state index is 0.0353. The highest BCUT2D eigenvalue weighted by atomic mass is 19.2. The summed E-state index contributed by atoms with van der Waals surface area (Å²) < 4.78 is 47.4. The summed E-state index contributed by atoms with van der Waals surface area (Å²) >= 11 is 0. The van der Waals surface area contributed by atoms with E-state index in [2.05, 4.69) is 4.98 Å². The third kappa shape index (κ3) is 4.64. The highest BCUT2D eigenvalue weighted by Gasteiger charge is 2.61. The number of anilines is 1. The fourth-order valence-electron chi connectivity index (χ4n) is 3.40. The quantitative estimate of drug-likeness (QED) is 0.544. The third-order valence-corrected chi connectivity index (χ3v) is 5.08. The number of esters is 2. The van der Waals surface area contributed by atoms with Gasteiger partial charge in [0.15, 0.2) is 25.1 Å². The summed E-state index contributed by atoms with van der Waals surface area (Å²) in [5, 5.41) is 0. The van der Waals surface area contributed by atoms with Gasteiger partial charge in [0.2, 0.25) is 0 Å². The maximum Gasteiger partial charge on any atom is 0.351 e. The van der Waals surface area contributed by atoms with Crippen LogP contribution in [0.25, 0.3) is 0 Å². The third-order valence-electron chi connectivity index (χ3n) is 5.08. The molecule has 2 heterocycles. The van der Waals surface area contributed by atoms with E-state index in [4.69, 9.17) is 19.9 Å². The zero-order valence-electron chi connectivity index (χ0n) is 17.5. The molecule has 0 spiro atoms. The molecule has 1 saturated heterocycles. The number of halogens is 2. The lowest BCUT2D eigenvalue weighted by Crippen LogP contribution is -2.45. The Morgan fingerprint density at radius 2 is 1.62 bits per heavy atom. The number of nitrogens with two attached hydrogens (primary N) is 1. The molecule has 0 amide bonds. The first-order valence-corrected chi connectivity index (χ1v) is 10.1. The second-order valence-corrected chi connectivity index (χ2v) is 7.42. The predicted molar refractivity (Wildman–Crippen MR) is 114 cm³/mol. The Kier molecular flexibility index (Phi) is 6.37. The van der Waals surface area contributed by atoms with Crippen LogP contribution in [0.2, 0.25) is 0 Å². The second kappa shape index (κ2) is 9.40. The van der Waals surface area contributed by atoms with E-state index in [0.29, 0.717) is 4.57 Å². The first-order chi connectivity index (χ1) is 16.3. The Hall–Kier alpha value is -4.12. The predicted octanol–water partition coefficient (Wildman–Crippen LogP) is 2.44. The smallest absolute Gasteiger partial charge is 0.351 e. The first-order valence-electron chi connectivity index (χ1n) is 10.1. The van der Waals surface area contributed by atoms with Gasteiger partial charge in [-0.2, -0.15) is 4.98 Å². The van der Waals surface area contributed by atoms with Crippen LogP contribution >= 0.6 is 0 Å². The highest BCUT2D eigenvalue weighted by Crippen LogP contribution is 2.42. The molecule has 2 aromatic carbocycles. The van der Waals surface area contributed by atoms with Gasteiger partial charge in [0.05, 0.1) is 11.1 Å². The monoisotopic (exact) mass is 471 g/mol. The average Bonchev–Trinajstić information content (AvgIpc) is 3.09. The van der Waals surface area contributed by atoms with Crippen molar-refractivity contribution in [1.29, 1.82) is 0 Å². The lowest BCUT2D eigenvalue weighted by atomic mass is 10.1. The van der Waals surface area contributed by atoms with E-state index in [1.807, 2.05) is 0 Å². The summed E-state index contributed by atoms with van der Waals surface area (Å²) in [6.45, 7) is -1.11. The molecular formula is C23H19F2N3O6. The van der Waals surface area contributed by atoms with Gasteiger partial charge >= 0.3 is 17.6 Å². The van der Waals surface area contributed by atoms with Crippen LogP contribution in [-0.2, 0) is 14.2 Å². The summed E-state index contributed by atoms with van der Waals surface area (Å²) in [7, 11) is 0. The van der Waals surface area contributed by atoms with E-state index in [0.717, 1.165) is 6.20 Å². The molecule has 1 aliphatic rings. The molecule has 34 heavy (non-hydrogen) atoms. The fourth-order valence-corrected chi connectivity index (χ4v) is 3.40. The van der Waals surface area contributed by atoms with Gasteiger partial charge in [0.25, 0.3) is 5.85 Å². The lowest BCUT2D eigenvalue weighted by molar-refractivity contribution is -0.208. The van der Waals surface area contributed by atoms with Crippen LogP contribution < -0.4 is 11.4 Å². The first kappa shape index (κ1) is 23.1. The van der Waals surface area contributed by atoms with E-state index in [9.17, 15) is 14.4 Å². The molecule has 2 N–H and O–H groups in total. The SMILES string of the molecule is Nc1ccn([C@@H]2O[C@](F)(COC(=O)c3ccccc3)[C@@H](OC(=O)c3ccccc3)[C@H]2F)c(=O)n1. The largest absolute Gasteiger partial charge is 0.456 e. The number of ether oxygens (including phenoxy) is 3. The van der Waals surface area contributed by atoms with Gasteiger partial charge in [0, 0.05) is 6.20 Å². The molecule has 9 nitrogen and oxygen atoms in total. The van der Waals surface area contributed by atoms with Crippen LogP contribution in [0, 0.1) is 0 Å². The minimum Gasteiger partial charge on any atom is -0.456 e. The minimum atomic E-state index is -3.11. The summed E-state index contributed by atoms with van der Waals surface area (Å²) in [6, 6.07) is 16.4. The zero-order chi connectivity index (χ0) is 24.3. The van der Waals surface area contributed by atoms with Crippen molar-refractivity contribution in [2.75, 3.05) is 12.3 Å². The standard InChI is InChI=1S/C23H19F2N3O6/c24-17-18(33-21(30)15-9-5-2-6-10-15)23(25,13-32-20(29)14-7-3-1-4-8-14)34-19(17)28-12-11-16(26)27-22(28)31/h1-12,17-19H,13H2,(H2,26,27,31)/t17-,18+,19-,23-/m1/s1. The van der Waals surface area contributed by atoms with Crippen LogP contribution in [0.5, 0.6) is 0 Å². The van der Waals surface area contributed by atoms with Crippen molar-refractivity contribution in [3.8, 4) is 0 Å². The van der Waals surface area contributed by atoms with Crippen molar-refractivity contribution in [1.82, 2.24) is 9.55 Å². The number of nitrogens with zero attached hydrogens (tertiary/aromatic N) is 2. The summed E-state index contributed by atoms with van der Waals surface area (Å²) in [5.41, 5.74) is 4.59. The molecule has 3 aromatic rings. The molecule has 4 rings (SSSR count). The fraction of sp³-hybridized carbons (Fsp3) is 0.217. The Bertz CT molecular complexity index is 1240.